The Hall–Kier alpha value is -1.57. The third-order valence-electron chi connectivity index (χ3n) is 2.60. The van der Waals surface area contributed by atoms with Crippen LogP contribution in [0.2, 0.25) is 5.02 Å². The van der Waals surface area contributed by atoms with Crippen LogP contribution in [0.1, 0.15) is 25.8 Å². The summed E-state index contributed by atoms with van der Waals surface area (Å²) in [6, 6.07) is 6.65. The summed E-state index contributed by atoms with van der Waals surface area (Å²) in [6.07, 6.45) is 0.508. The molecule has 0 fully saturated rings. The summed E-state index contributed by atoms with van der Waals surface area (Å²) in [7, 11) is 0. The Morgan fingerprint density at radius 3 is 2.82 bits per heavy atom. The van der Waals surface area contributed by atoms with Crippen LogP contribution < -0.4 is 11.1 Å². The molecule has 17 heavy (non-hydrogen) atoms. The van der Waals surface area contributed by atoms with Crippen molar-refractivity contribution in [1.82, 2.24) is 0 Å². The SMILES string of the molecule is CCC(C)(N)C(=O)Nc1cc(C#N)ccc1Cl. The van der Waals surface area contributed by atoms with Gasteiger partial charge in [0.25, 0.3) is 0 Å². The zero-order valence-corrected chi connectivity index (χ0v) is 10.5. The number of nitrogens with one attached hydrogen (secondary N) is 1. The van der Waals surface area contributed by atoms with E-state index in [0.717, 1.165) is 0 Å². The van der Waals surface area contributed by atoms with Crippen LogP contribution in [0.25, 0.3) is 0 Å². The van der Waals surface area contributed by atoms with E-state index < -0.39 is 5.54 Å². The minimum Gasteiger partial charge on any atom is -0.323 e. The number of hydrogen-bond acceptors (Lipinski definition) is 3. The van der Waals surface area contributed by atoms with Gasteiger partial charge in [-0.2, -0.15) is 5.26 Å². The second-order valence-corrected chi connectivity index (χ2v) is 4.44. The number of anilines is 1. The van der Waals surface area contributed by atoms with Crippen LogP contribution in [-0.2, 0) is 4.79 Å². The van der Waals surface area contributed by atoms with Crippen LogP contribution in [-0.4, -0.2) is 11.4 Å². The van der Waals surface area contributed by atoms with Crippen molar-refractivity contribution in [2.45, 2.75) is 25.8 Å². The number of carbonyl (C=O) groups is 1. The maximum Gasteiger partial charge on any atom is 0.244 e. The summed E-state index contributed by atoms with van der Waals surface area (Å²) in [6.45, 7) is 3.47. The van der Waals surface area contributed by atoms with E-state index in [-0.39, 0.29) is 5.91 Å². The van der Waals surface area contributed by atoms with E-state index in [1.54, 1.807) is 19.1 Å². The van der Waals surface area contributed by atoms with Crippen LogP contribution in [0.15, 0.2) is 18.2 Å². The Balaban J connectivity index is 2.96. The molecule has 0 bridgehead atoms. The zero-order valence-electron chi connectivity index (χ0n) is 9.75. The number of amides is 1. The van der Waals surface area contributed by atoms with Crippen molar-refractivity contribution in [3.63, 3.8) is 0 Å². The molecule has 0 heterocycles. The summed E-state index contributed by atoms with van der Waals surface area (Å²) in [5.74, 6) is -0.322. The largest absolute Gasteiger partial charge is 0.323 e. The summed E-state index contributed by atoms with van der Waals surface area (Å²) in [4.78, 5) is 11.8. The molecule has 3 N–H and O–H groups in total. The fraction of sp³-hybridized carbons (Fsp3) is 0.333. The number of nitrogens with zero attached hydrogens (tertiary/aromatic N) is 1. The minimum absolute atomic E-state index is 0.322. The zero-order chi connectivity index (χ0) is 13.1. The number of benzene rings is 1. The van der Waals surface area contributed by atoms with Gasteiger partial charge in [0.05, 0.1) is 27.9 Å². The molecule has 0 aliphatic rings. The normalized spacial score (nSPS) is 13.6. The number of nitriles is 1. The van der Waals surface area contributed by atoms with Crippen LogP contribution in [0.4, 0.5) is 5.69 Å². The van der Waals surface area contributed by atoms with Crippen molar-refractivity contribution in [2.75, 3.05) is 5.32 Å². The van der Waals surface area contributed by atoms with Crippen LogP contribution in [0, 0.1) is 11.3 Å². The lowest BCUT2D eigenvalue weighted by Gasteiger charge is -2.21. The Labute approximate surface area is 105 Å². The summed E-state index contributed by atoms with van der Waals surface area (Å²) in [5.41, 5.74) is 5.69. The first kappa shape index (κ1) is 13.5. The van der Waals surface area contributed by atoms with Gasteiger partial charge in [0.15, 0.2) is 0 Å². The van der Waals surface area contributed by atoms with E-state index in [4.69, 9.17) is 22.6 Å². The van der Waals surface area contributed by atoms with E-state index in [9.17, 15) is 4.79 Å². The summed E-state index contributed by atoms with van der Waals surface area (Å²) in [5, 5.41) is 11.8. The average Bonchev–Trinajstić information content (AvgIpc) is 2.31. The van der Waals surface area contributed by atoms with Gasteiger partial charge in [-0.05, 0) is 31.5 Å². The first-order chi connectivity index (χ1) is 7.90. The van der Waals surface area contributed by atoms with E-state index in [1.807, 2.05) is 13.0 Å². The second-order valence-electron chi connectivity index (χ2n) is 4.03. The second kappa shape index (κ2) is 5.17. The molecule has 4 nitrogen and oxygen atoms in total. The molecule has 1 amide bonds. The highest BCUT2D eigenvalue weighted by atomic mass is 35.5. The van der Waals surface area contributed by atoms with Gasteiger partial charge in [-0.3, -0.25) is 4.79 Å². The van der Waals surface area contributed by atoms with Crippen molar-refractivity contribution in [1.29, 1.82) is 5.26 Å². The molecular weight excluding hydrogens is 238 g/mol. The molecule has 1 aromatic carbocycles. The predicted molar refractivity (Wildman–Crippen MR) is 67.7 cm³/mol. The standard InChI is InChI=1S/C12H14ClN3O/c1-3-12(2,15)11(17)16-10-6-8(7-14)4-5-9(10)13/h4-6H,3,15H2,1-2H3,(H,16,17). The van der Waals surface area contributed by atoms with Gasteiger partial charge in [-0.25, -0.2) is 0 Å². The molecule has 0 radical (unpaired) electrons. The van der Waals surface area contributed by atoms with Gasteiger partial charge < -0.3 is 11.1 Å². The molecule has 0 aliphatic carbocycles. The van der Waals surface area contributed by atoms with Crippen LogP contribution in [0.5, 0.6) is 0 Å². The van der Waals surface area contributed by atoms with Gasteiger partial charge in [0.2, 0.25) is 5.91 Å². The predicted octanol–water partition coefficient (Wildman–Crippen LogP) is 2.28. The Bertz CT molecular complexity index is 477. The monoisotopic (exact) mass is 251 g/mol. The molecule has 0 aliphatic heterocycles. The molecule has 1 rings (SSSR count). The molecule has 1 unspecified atom stereocenters. The molecule has 5 heteroatoms. The maximum absolute atomic E-state index is 11.8. The lowest BCUT2D eigenvalue weighted by molar-refractivity contribution is -0.120. The quantitative estimate of drug-likeness (QED) is 0.865. The molecule has 1 aromatic rings. The smallest absolute Gasteiger partial charge is 0.244 e. The third kappa shape index (κ3) is 3.19. The molecule has 0 aromatic heterocycles. The number of hydrogen-bond donors (Lipinski definition) is 2. The van der Waals surface area contributed by atoms with E-state index in [0.29, 0.717) is 22.7 Å². The van der Waals surface area contributed by atoms with Crippen molar-refractivity contribution in [3.8, 4) is 6.07 Å². The van der Waals surface area contributed by atoms with Crippen molar-refractivity contribution in [2.24, 2.45) is 5.73 Å². The van der Waals surface area contributed by atoms with Gasteiger partial charge in [0, 0.05) is 0 Å². The topological polar surface area (TPSA) is 78.9 Å². The molecule has 90 valence electrons. The fourth-order valence-corrected chi connectivity index (χ4v) is 1.28. The van der Waals surface area contributed by atoms with Gasteiger partial charge in [0.1, 0.15) is 0 Å². The van der Waals surface area contributed by atoms with Crippen molar-refractivity contribution < 1.29 is 4.79 Å². The average molecular weight is 252 g/mol. The summed E-state index contributed by atoms with van der Waals surface area (Å²) >= 11 is 5.93. The number of halogens is 1. The van der Waals surface area contributed by atoms with Crippen molar-refractivity contribution >= 4 is 23.2 Å². The number of carbonyl (C=O) groups excluding carboxylic acids is 1. The van der Waals surface area contributed by atoms with Gasteiger partial charge in [-0.1, -0.05) is 18.5 Å². The highest BCUT2D eigenvalue weighted by Crippen LogP contribution is 2.23. The number of rotatable bonds is 3. The summed E-state index contributed by atoms with van der Waals surface area (Å²) < 4.78 is 0. The van der Waals surface area contributed by atoms with E-state index in [1.165, 1.54) is 6.07 Å². The van der Waals surface area contributed by atoms with E-state index >= 15 is 0 Å². The lowest BCUT2D eigenvalue weighted by atomic mass is 9.99. The van der Waals surface area contributed by atoms with Gasteiger partial charge in [-0.15, -0.1) is 0 Å². The Morgan fingerprint density at radius 2 is 2.29 bits per heavy atom. The van der Waals surface area contributed by atoms with Gasteiger partial charge >= 0.3 is 0 Å². The molecule has 0 saturated carbocycles. The van der Waals surface area contributed by atoms with Crippen LogP contribution in [0.3, 0.4) is 0 Å². The van der Waals surface area contributed by atoms with Crippen molar-refractivity contribution in [3.05, 3.63) is 28.8 Å². The Morgan fingerprint density at radius 1 is 1.65 bits per heavy atom. The first-order valence-electron chi connectivity index (χ1n) is 5.20. The van der Waals surface area contributed by atoms with E-state index in [2.05, 4.69) is 5.32 Å². The Kier molecular flexibility index (Phi) is 4.11. The fourth-order valence-electron chi connectivity index (χ4n) is 1.12. The molecule has 0 saturated heterocycles. The maximum atomic E-state index is 11.8. The first-order valence-corrected chi connectivity index (χ1v) is 5.58. The highest BCUT2D eigenvalue weighted by molar-refractivity contribution is 6.33. The molecular formula is C12H14ClN3O. The minimum atomic E-state index is -0.952. The number of nitrogens with two attached hydrogens (primary N) is 1. The van der Waals surface area contributed by atoms with Crippen LogP contribution >= 0.6 is 11.6 Å². The molecule has 1 atom stereocenters. The highest BCUT2D eigenvalue weighted by Gasteiger charge is 2.26. The third-order valence-corrected chi connectivity index (χ3v) is 2.93. The lowest BCUT2D eigenvalue weighted by Crippen LogP contribution is -2.47. The molecule has 0 spiro atoms.